The molecule has 6 nitrogen and oxygen atoms in total. The van der Waals surface area contributed by atoms with Crippen LogP contribution in [0.3, 0.4) is 0 Å². The summed E-state index contributed by atoms with van der Waals surface area (Å²) >= 11 is 1.28. The van der Waals surface area contributed by atoms with E-state index in [0.29, 0.717) is 16.1 Å². The van der Waals surface area contributed by atoms with E-state index in [4.69, 9.17) is 0 Å². The quantitative estimate of drug-likeness (QED) is 0.677. The molecule has 0 radical (unpaired) electrons. The maximum atomic E-state index is 12.0. The monoisotopic (exact) mass is 333 g/mol. The molecule has 0 N–H and O–H groups in total. The molecule has 0 spiro atoms. The molecule has 0 unspecified atom stereocenters. The average Bonchev–Trinajstić information content (AvgIpc) is 2.46. The molecule has 2 aromatic heterocycles. The van der Waals surface area contributed by atoms with Crippen LogP contribution in [0.1, 0.15) is 5.69 Å². The summed E-state index contributed by atoms with van der Waals surface area (Å²) < 4.78 is 33.2. The van der Waals surface area contributed by atoms with Gasteiger partial charge >= 0.3 is 0 Å². The zero-order valence-corrected chi connectivity index (χ0v) is 12.7. The molecule has 0 amide bonds. The van der Waals surface area contributed by atoms with E-state index >= 15 is 0 Å². The molecule has 0 aliphatic rings. The Balaban J connectivity index is 2.12. The van der Waals surface area contributed by atoms with E-state index < -0.39 is 15.9 Å². The first kappa shape index (κ1) is 14.8. The number of rotatable bonds is 3. The minimum Gasteiger partial charge on any atom is -0.748 e. The van der Waals surface area contributed by atoms with Gasteiger partial charge in [0.05, 0.1) is 22.5 Å². The van der Waals surface area contributed by atoms with Crippen molar-refractivity contribution in [1.82, 2.24) is 9.97 Å². The van der Waals surface area contributed by atoms with Crippen molar-refractivity contribution in [3.8, 4) is 10.7 Å². The summed E-state index contributed by atoms with van der Waals surface area (Å²) in [6.07, 6.45) is 0. The minimum atomic E-state index is -4.41. The van der Waals surface area contributed by atoms with Crippen LogP contribution in [0.4, 0.5) is 0 Å². The maximum Gasteiger partial charge on any atom is 0.279 e. The molecule has 3 aromatic rings. The first-order valence-corrected chi connectivity index (χ1v) is 8.61. The lowest BCUT2D eigenvalue weighted by Gasteiger charge is -2.07. The number of aromatic nitrogens is 2. The third-order valence-electron chi connectivity index (χ3n) is 2.88. The molecule has 8 heteroatoms. The lowest BCUT2D eigenvalue weighted by Crippen LogP contribution is -2.07. The summed E-state index contributed by atoms with van der Waals surface area (Å²) in [6, 6.07) is 11.7. The zero-order valence-electron chi connectivity index (χ0n) is 11.1. The van der Waals surface area contributed by atoms with E-state index in [1.165, 1.54) is 17.4 Å². The first-order chi connectivity index (χ1) is 10.4. The Morgan fingerprint density at radius 2 is 1.82 bits per heavy atom. The highest BCUT2D eigenvalue weighted by Gasteiger charge is 2.09. The van der Waals surface area contributed by atoms with Crippen LogP contribution in [0, 0.1) is 0 Å². The van der Waals surface area contributed by atoms with Gasteiger partial charge in [0.15, 0.2) is 0 Å². The summed E-state index contributed by atoms with van der Waals surface area (Å²) in [5.41, 5.74) is 0.129. The fourth-order valence-corrected chi connectivity index (χ4v) is 3.47. The molecule has 112 valence electrons. The standard InChI is InChI=1S/C14H10N2O4S2/c17-13-10-5-1-2-7-12(10)21-14(16-13)11-6-3-4-9(15-11)8-22(18,19)20/h1-7H,8H2,(H,18,19,20)/p-1. The molecule has 0 aliphatic carbocycles. The number of pyridine rings is 1. The lowest BCUT2D eigenvalue weighted by atomic mass is 10.3. The molecule has 22 heavy (non-hydrogen) atoms. The third kappa shape index (κ3) is 3.19. The predicted octanol–water partition coefficient (Wildman–Crippen LogP) is 1.76. The van der Waals surface area contributed by atoms with Gasteiger partial charge in [-0.05, 0) is 24.3 Å². The van der Waals surface area contributed by atoms with Crippen LogP contribution in [0.15, 0.2) is 47.3 Å². The van der Waals surface area contributed by atoms with Crippen molar-refractivity contribution in [3.05, 3.63) is 58.5 Å². The van der Waals surface area contributed by atoms with Gasteiger partial charge in [-0.15, -0.1) is 11.3 Å². The van der Waals surface area contributed by atoms with E-state index in [1.54, 1.807) is 30.3 Å². The largest absolute Gasteiger partial charge is 0.748 e. The van der Waals surface area contributed by atoms with Gasteiger partial charge in [-0.3, -0.25) is 4.79 Å². The first-order valence-electron chi connectivity index (χ1n) is 6.22. The normalized spacial score (nSPS) is 11.7. The Morgan fingerprint density at radius 3 is 2.59 bits per heavy atom. The Hall–Kier alpha value is -2.16. The van der Waals surface area contributed by atoms with Crippen molar-refractivity contribution in [2.45, 2.75) is 5.75 Å². The molecule has 3 rings (SSSR count). The molecule has 0 bridgehead atoms. The second-order valence-corrected chi connectivity index (χ2v) is 6.97. The van der Waals surface area contributed by atoms with E-state index in [1.807, 2.05) is 6.07 Å². The number of fused-ring (bicyclic) bond motifs is 1. The fraction of sp³-hybridized carbons (Fsp3) is 0.0714. The van der Waals surface area contributed by atoms with Gasteiger partial charge in [-0.2, -0.15) is 4.98 Å². The van der Waals surface area contributed by atoms with Crippen LogP contribution >= 0.6 is 11.3 Å². The highest BCUT2D eigenvalue weighted by atomic mass is 32.2. The molecule has 0 fully saturated rings. The third-order valence-corrected chi connectivity index (χ3v) is 4.60. The molecular formula is C14H9N2O4S2-. The molecule has 2 heterocycles. The second kappa shape index (κ2) is 5.56. The van der Waals surface area contributed by atoms with Crippen LogP contribution in [0.2, 0.25) is 0 Å². The Bertz CT molecular complexity index is 1010. The molecule has 0 atom stereocenters. The van der Waals surface area contributed by atoms with Crippen LogP contribution in [0.5, 0.6) is 0 Å². The molecule has 1 aromatic carbocycles. The summed E-state index contributed by atoms with van der Waals surface area (Å²) in [7, 11) is -4.41. The summed E-state index contributed by atoms with van der Waals surface area (Å²) in [5.74, 6) is -0.691. The van der Waals surface area contributed by atoms with Crippen LogP contribution < -0.4 is 5.56 Å². The lowest BCUT2D eigenvalue weighted by molar-refractivity contribution is 0.461. The van der Waals surface area contributed by atoms with Crippen LogP contribution in [-0.2, 0) is 15.9 Å². The highest BCUT2D eigenvalue weighted by Crippen LogP contribution is 2.24. The number of nitrogens with zero attached hydrogens (tertiary/aromatic N) is 2. The van der Waals surface area contributed by atoms with Gasteiger partial charge in [0.25, 0.3) is 5.56 Å². The topological polar surface area (TPSA) is 100 Å². The number of hydrogen-bond donors (Lipinski definition) is 0. The van der Waals surface area contributed by atoms with Crippen LogP contribution in [0.25, 0.3) is 20.8 Å². The second-order valence-electron chi connectivity index (χ2n) is 4.54. The smallest absolute Gasteiger partial charge is 0.279 e. The van der Waals surface area contributed by atoms with Crippen molar-refractivity contribution in [2.75, 3.05) is 0 Å². The van der Waals surface area contributed by atoms with E-state index in [9.17, 15) is 17.8 Å². The molecular weight excluding hydrogens is 324 g/mol. The van der Waals surface area contributed by atoms with Gasteiger partial charge in [0.1, 0.15) is 15.1 Å². The van der Waals surface area contributed by atoms with E-state index in [0.717, 1.165) is 4.70 Å². The van der Waals surface area contributed by atoms with E-state index in [-0.39, 0.29) is 11.3 Å². The van der Waals surface area contributed by atoms with Gasteiger partial charge in [0.2, 0.25) is 0 Å². The number of benzene rings is 1. The van der Waals surface area contributed by atoms with Gasteiger partial charge in [-0.25, -0.2) is 13.4 Å². The Labute approximate surface area is 129 Å². The summed E-state index contributed by atoms with van der Waals surface area (Å²) in [5, 5.41) is 0.906. The average molecular weight is 333 g/mol. The number of hydrogen-bond acceptors (Lipinski definition) is 7. The summed E-state index contributed by atoms with van der Waals surface area (Å²) in [4.78, 5) is 20.1. The summed E-state index contributed by atoms with van der Waals surface area (Å²) in [6.45, 7) is 0. The maximum absolute atomic E-state index is 12.0. The van der Waals surface area contributed by atoms with E-state index in [2.05, 4.69) is 9.97 Å². The predicted molar refractivity (Wildman–Crippen MR) is 82.5 cm³/mol. The van der Waals surface area contributed by atoms with Gasteiger partial charge < -0.3 is 4.55 Å². The highest BCUT2D eigenvalue weighted by molar-refractivity contribution is 7.84. The van der Waals surface area contributed by atoms with Crippen molar-refractivity contribution >= 4 is 31.5 Å². The Kier molecular flexibility index (Phi) is 3.73. The molecule has 0 aliphatic heterocycles. The zero-order chi connectivity index (χ0) is 15.7. The Morgan fingerprint density at radius 1 is 1.05 bits per heavy atom. The fourth-order valence-electron chi connectivity index (χ4n) is 1.98. The SMILES string of the molecule is O=c1nc(-c2cccc(CS(=O)(=O)[O-])n2)sc2ccccc12. The van der Waals surface area contributed by atoms with Gasteiger partial charge in [0, 0.05) is 4.70 Å². The molecule has 0 saturated carbocycles. The molecule has 0 saturated heterocycles. The van der Waals surface area contributed by atoms with Crippen molar-refractivity contribution in [3.63, 3.8) is 0 Å². The van der Waals surface area contributed by atoms with Crippen LogP contribution in [-0.4, -0.2) is 22.9 Å². The van der Waals surface area contributed by atoms with Crippen molar-refractivity contribution < 1.29 is 13.0 Å². The minimum absolute atomic E-state index is 0.127. The van der Waals surface area contributed by atoms with Crippen molar-refractivity contribution in [2.24, 2.45) is 0 Å². The van der Waals surface area contributed by atoms with Gasteiger partial charge in [-0.1, -0.05) is 18.2 Å². The van der Waals surface area contributed by atoms with Crippen molar-refractivity contribution in [1.29, 1.82) is 0 Å².